The Morgan fingerprint density at radius 1 is 1.31 bits per heavy atom. The SMILES string of the molecule is CC(C)NC(=O)C[C@@H]1c2nc(NC(=O)c3cccc(F)c3)sc2C[C@@H]2[C@](C)(CO)[C@H](O)CC[C@]21C. The summed E-state index contributed by atoms with van der Waals surface area (Å²) in [6, 6.07) is 5.47. The van der Waals surface area contributed by atoms with Gasteiger partial charge >= 0.3 is 0 Å². The zero-order chi connectivity index (χ0) is 25.5. The summed E-state index contributed by atoms with van der Waals surface area (Å²) in [5, 5.41) is 27.4. The number of aliphatic hydroxyl groups is 2. The van der Waals surface area contributed by atoms with Gasteiger partial charge in [-0.25, -0.2) is 9.37 Å². The number of aromatic nitrogens is 1. The molecule has 2 amide bonds. The number of benzene rings is 1. The number of carbonyl (C=O) groups is 2. The molecule has 0 bridgehead atoms. The Kier molecular flexibility index (Phi) is 7.05. The number of fused-ring (bicyclic) bond motifs is 2. The van der Waals surface area contributed by atoms with Gasteiger partial charge in [0.25, 0.3) is 5.91 Å². The first kappa shape index (κ1) is 25.7. The van der Waals surface area contributed by atoms with Crippen LogP contribution in [0.3, 0.4) is 0 Å². The maximum atomic E-state index is 13.6. The summed E-state index contributed by atoms with van der Waals surface area (Å²) in [5.74, 6) is -1.33. The molecule has 0 spiro atoms. The maximum absolute atomic E-state index is 13.6. The molecule has 35 heavy (non-hydrogen) atoms. The topological polar surface area (TPSA) is 112 Å². The molecule has 0 aliphatic heterocycles. The largest absolute Gasteiger partial charge is 0.396 e. The van der Waals surface area contributed by atoms with Crippen molar-refractivity contribution in [3.8, 4) is 0 Å². The Bertz CT molecular complexity index is 1120. The molecule has 0 saturated heterocycles. The quantitative estimate of drug-likeness (QED) is 0.478. The summed E-state index contributed by atoms with van der Waals surface area (Å²) in [6.07, 6.45) is 1.43. The molecule has 0 radical (unpaired) electrons. The molecule has 1 heterocycles. The van der Waals surface area contributed by atoms with Crippen molar-refractivity contribution in [2.75, 3.05) is 11.9 Å². The van der Waals surface area contributed by atoms with E-state index in [0.717, 1.165) is 10.6 Å². The summed E-state index contributed by atoms with van der Waals surface area (Å²) in [6.45, 7) is 7.73. The maximum Gasteiger partial charge on any atom is 0.257 e. The second-order valence-electron chi connectivity index (χ2n) is 10.8. The summed E-state index contributed by atoms with van der Waals surface area (Å²) >= 11 is 1.34. The molecule has 1 aromatic heterocycles. The van der Waals surface area contributed by atoms with E-state index in [2.05, 4.69) is 17.6 Å². The van der Waals surface area contributed by atoms with Gasteiger partial charge in [-0.1, -0.05) is 19.9 Å². The van der Waals surface area contributed by atoms with Gasteiger partial charge in [-0.3, -0.25) is 14.9 Å². The van der Waals surface area contributed by atoms with E-state index in [-0.39, 0.29) is 47.8 Å². The number of halogens is 1. The normalized spacial score (nSPS) is 29.9. The zero-order valence-corrected chi connectivity index (χ0v) is 21.4. The predicted molar refractivity (Wildman–Crippen MR) is 133 cm³/mol. The van der Waals surface area contributed by atoms with Crippen LogP contribution in [0.1, 0.15) is 73.8 Å². The third kappa shape index (κ3) is 4.73. The highest BCUT2D eigenvalue weighted by Gasteiger charge is 2.59. The number of amides is 2. The van der Waals surface area contributed by atoms with E-state index in [4.69, 9.17) is 4.98 Å². The minimum absolute atomic E-state index is 0.00148. The molecule has 5 atom stereocenters. The number of anilines is 1. The lowest BCUT2D eigenvalue weighted by molar-refractivity contribution is -0.144. The number of aliphatic hydroxyl groups excluding tert-OH is 2. The molecule has 0 unspecified atom stereocenters. The molecule has 190 valence electrons. The van der Waals surface area contributed by atoms with E-state index in [1.807, 2.05) is 20.8 Å². The summed E-state index contributed by atoms with van der Waals surface area (Å²) in [5.41, 5.74) is -0.0935. The summed E-state index contributed by atoms with van der Waals surface area (Å²) in [4.78, 5) is 31.3. The second-order valence-corrected chi connectivity index (χ2v) is 11.8. The highest BCUT2D eigenvalue weighted by atomic mass is 32.1. The van der Waals surface area contributed by atoms with Gasteiger partial charge in [-0.2, -0.15) is 0 Å². The predicted octanol–water partition coefficient (Wildman–Crippen LogP) is 3.86. The Balaban J connectivity index is 1.71. The van der Waals surface area contributed by atoms with Crippen LogP contribution in [0.25, 0.3) is 0 Å². The Morgan fingerprint density at radius 2 is 2.06 bits per heavy atom. The van der Waals surface area contributed by atoms with Crippen LogP contribution in [0.2, 0.25) is 0 Å². The molecule has 2 aliphatic rings. The fourth-order valence-corrected chi connectivity index (χ4v) is 7.13. The number of rotatable bonds is 6. The van der Waals surface area contributed by atoms with Gasteiger partial charge in [-0.05, 0) is 62.6 Å². The van der Waals surface area contributed by atoms with Gasteiger partial charge in [0.1, 0.15) is 5.82 Å². The van der Waals surface area contributed by atoms with Crippen LogP contribution >= 0.6 is 11.3 Å². The lowest BCUT2D eigenvalue weighted by atomic mass is 9.47. The highest BCUT2D eigenvalue weighted by molar-refractivity contribution is 7.15. The van der Waals surface area contributed by atoms with Crippen LogP contribution in [0.4, 0.5) is 9.52 Å². The molecule has 2 aliphatic carbocycles. The van der Waals surface area contributed by atoms with Crippen molar-refractivity contribution >= 4 is 28.3 Å². The number of nitrogens with one attached hydrogen (secondary N) is 2. The molecule has 1 fully saturated rings. The van der Waals surface area contributed by atoms with Crippen LogP contribution in [0.15, 0.2) is 24.3 Å². The van der Waals surface area contributed by atoms with Gasteiger partial charge in [0.05, 0.1) is 18.4 Å². The van der Waals surface area contributed by atoms with E-state index < -0.39 is 23.2 Å². The lowest BCUT2D eigenvalue weighted by Crippen LogP contribution is -2.57. The smallest absolute Gasteiger partial charge is 0.257 e. The van der Waals surface area contributed by atoms with Crippen molar-refractivity contribution in [2.24, 2.45) is 16.7 Å². The molecular weight excluding hydrogens is 469 g/mol. The van der Waals surface area contributed by atoms with Crippen molar-refractivity contribution in [1.29, 1.82) is 0 Å². The first-order valence-electron chi connectivity index (χ1n) is 12.1. The number of thiazole rings is 1. The molecule has 1 saturated carbocycles. The molecule has 9 heteroatoms. The zero-order valence-electron chi connectivity index (χ0n) is 20.6. The van der Waals surface area contributed by atoms with Gasteiger partial charge in [-0.15, -0.1) is 11.3 Å². The first-order valence-corrected chi connectivity index (χ1v) is 12.9. The first-order chi connectivity index (χ1) is 16.5. The third-order valence-electron chi connectivity index (χ3n) is 8.04. The molecule has 4 N–H and O–H groups in total. The fourth-order valence-electron chi connectivity index (χ4n) is 6.06. The average Bonchev–Trinajstić information content (AvgIpc) is 3.19. The van der Waals surface area contributed by atoms with Crippen molar-refractivity contribution < 1.29 is 24.2 Å². The minimum atomic E-state index is -0.716. The van der Waals surface area contributed by atoms with Crippen molar-refractivity contribution in [3.63, 3.8) is 0 Å². The van der Waals surface area contributed by atoms with Crippen LogP contribution in [0.5, 0.6) is 0 Å². The van der Waals surface area contributed by atoms with E-state index in [1.54, 1.807) is 0 Å². The molecule has 4 rings (SSSR count). The molecule has 2 aromatic rings. The number of nitrogens with zero attached hydrogens (tertiary/aromatic N) is 1. The molecular formula is C26H34FN3O4S. The Morgan fingerprint density at radius 3 is 2.71 bits per heavy atom. The molecule has 7 nitrogen and oxygen atoms in total. The lowest BCUT2D eigenvalue weighted by Gasteiger charge is -2.58. The third-order valence-corrected chi connectivity index (χ3v) is 9.05. The summed E-state index contributed by atoms with van der Waals surface area (Å²) < 4.78 is 13.6. The average molecular weight is 504 g/mol. The van der Waals surface area contributed by atoms with Crippen molar-refractivity contribution in [3.05, 3.63) is 46.2 Å². The van der Waals surface area contributed by atoms with E-state index >= 15 is 0 Å². The van der Waals surface area contributed by atoms with E-state index in [1.165, 1.54) is 35.6 Å². The van der Waals surface area contributed by atoms with E-state index in [0.29, 0.717) is 24.4 Å². The number of hydrogen-bond donors (Lipinski definition) is 4. The number of carbonyl (C=O) groups excluding carboxylic acids is 2. The van der Waals surface area contributed by atoms with Crippen LogP contribution < -0.4 is 10.6 Å². The van der Waals surface area contributed by atoms with Gasteiger partial charge in [0, 0.05) is 34.2 Å². The van der Waals surface area contributed by atoms with Crippen LogP contribution in [0, 0.1) is 22.6 Å². The second kappa shape index (κ2) is 9.59. The van der Waals surface area contributed by atoms with Crippen molar-refractivity contribution in [2.45, 2.75) is 71.4 Å². The Labute approximate surface area is 209 Å². The highest BCUT2D eigenvalue weighted by Crippen LogP contribution is 2.62. The monoisotopic (exact) mass is 503 g/mol. The van der Waals surface area contributed by atoms with Crippen molar-refractivity contribution in [1.82, 2.24) is 10.3 Å². The standard InChI is InChI=1S/C26H34FN3O4S/c1-14(2)28-21(33)11-17-22-18(12-19-25(17,3)9-8-20(32)26(19,4)13-31)35-24(29-22)30-23(34)15-6-5-7-16(27)10-15/h5-7,10,14,17,19-20,31-32H,8-9,11-13H2,1-4H3,(H,28,33)(H,29,30,34)/t17-,19+,20-,25+,26+/m1/s1. The van der Waals surface area contributed by atoms with Gasteiger partial charge in [0.2, 0.25) is 5.91 Å². The van der Waals surface area contributed by atoms with Gasteiger partial charge in [0.15, 0.2) is 5.13 Å². The van der Waals surface area contributed by atoms with E-state index in [9.17, 15) is 24.2 Å². The fraction of sp³-hybridized carbons (Fsp3) is 0.577. The Hall–Kier alpha value is -2.36. The summed E-state index contributed by atoms with van der Waals surface area (Å²) in [7, 11) is 0. The van der Waals surface area contributed by atoms with Crippen LogP contribution in [-0.2, 0) is 11.2 Å². The van der Waals surface area contributed by atoms with Crippen LogP contribution in [-0.4, -0.2) is 45.8 Å². The minimum Gasteiger partial charge on any atom is -0.396 e. The van der Waals surface area contributed by atoms with Gasteiger partial charge < -0.3 is 15.5 Å². The molecule has 1 aromatic carbocycles. The number of hydrogen-bond acceptors (Lipinski definition) is 6.